The molecule has 0 radical (unpaired) electrons. The van der Waals surface area contributed by atoms with Crippen molar-refractivity contribution in [2.24, 2.45) is 5.73 Å². The lowest BCUT2D eigenvalue weighted by molar-refractivity contribution is 0.684. The molecule has 0 bridgehead atoms. The molecule has 0 spiro atoms. The highest BCUT2D eigenvalue weighted by Gasteiger charge is 2.13. The van der Waals surface area contributed by atoms with E-state index in [-0.39, 0.29) is 0 Å². The number of hydrogen-bond donors (Lipinski definition) is 1. The van der Waals surface area contributed by atoms with Gasteiger partial charge in [-0.3, -0.25) is 0 Å². The normalized spacial score (nSPS) is 15.3. The van der Waals surface area contributed by atoms with E-state index in [2.05, 4.69) is 12.1 Å². The molecule has 14 heavy (non-hydrogen) atoms. The summed E-state index contributed by atoms with van der Waals surface area (Å²) in [6, 6.07) is 4.37. The quantitative estimate of drug-likeness (QED) is 0.797. The Kier molecular flexibility index (Phi) is 3.09. The Hall–Kier alpha value is -0.530. The fourth-order valence-electron chi connectivity index (χ4n) is 2.19. The first-order chi connectivity index (χ1) is 6.81. The van der Waals surface area contributed by atoms with E-state index in [4.69, 9.17) is 17.3 Å². The van der Waals surface area contributed by atoms with Crippen LogP contribution in [0.4, 0.5) is 0 Å². The van der Waals surface area contributed by atoms with Crippen molar-refractivity contribution in [1.29, 1.82) is 0 Å². The summed E-state index contributed by atoms with van der Waals surface area (Å²) in [4.78, 5) is 0. The Bertz CT molecular complexity index is 333. The molecule has 76 valence electrons. The van der Waals surface area contributed by atoms with Gasteiger partial charge in [0.15, 0.2) is 0 Å². The molecule has 0 saturated carbocycles. The van der Waals surface area contributed by atoms with Gasteiger partial charge in [0.2, 0.25) is 0 Å². The summed E-state index contributed by atoms with van der Waals surface area (Å²) >= 11 is 6.24. The van der Waals surface area contributed by atoms with Crippen LogP contribution in [0.3, 0.4) is 0 Å². The van der Waals surface area contributed by atoms with Crippen LogP contribution in [0, 0.1) is 0 Å². The molecule has 0 aromatic heterocycles. The lowest BCUT2D eigenvalue weighted by Gasteiger charge is -2.18. The summed E-state index contributed by atoms with van der Waals surface area (Å²) in [5, 5.41) is 0.950. The van der Waals surface area contributed by atoms with E-state index in [1.807, 2.05) is 0 Å². The summed E-state index contributed by atoms with van der Waals surface area (Å²) in [5.41, 5.74) is 9.66. The van der Waals surface area contributed by atoms with Gasteiger partial charge in [-0.2, -0.15) is 0 Å². The van der Waals surface area contributed by atoms with Crippen LogP contribution >= 0.6 is 11.6 Å². The van der Waals surface area contributed by atoms with Crippen LogP contribution in [0.1, 0.15) is 29.5 Å². The zero-order valence-electron chi connectivity index (χ0n) is 8.35. The summed E-state index contributed by atoms with van der Waals surface area (Å²) in [5.74, 6) is 0. The van der Waals surface area contributed by atoms with Gasteiger partial charge in [-0.1, -0.05) is 17.7 Å². The molecule has 1 aliphatic rings. The van der Waals surface area contributed by atoms with Gasteiger partial charge in [0, 0.05) is 5.02 Å². The number of aryl methyl sites for hydroxylation is 1. The lowest BCUT2D eigenvalue weighted by atomic mass is 9.90. The molecule has 0 fully saturated rings. The SMILES string of the molecule is NCCc1cc(Cl)c2c(c1)CCCC2. The fraction of sp³-hybridized carbons (Fsp3) is 0.500. The van der Waals surface area contributed by atoms with Gasteiger partial charge < -0.3 is 5.73 Å². The van der Waals surface area contributed by atoms with Crippen molar-refractivity contribution in [3.8, 4) is 0 Å². The molecular formula is C12H16ClN. The Balaban J connectivity index is 2.36. The maximum absolute atomic E-state index is 6.24. The van der Waals surface area contributed by atoms with Crippen LogP contribution < -0.4 is 5.73 Å². The predicted molar refractivity (Wildman–Crippen MR) is 60.9 cm³/mol. The average Bonchev–Trinajstić information content (AvgIpc) is 2.18. The van der Waals surface area contributed by atoms with Gasteiger partial charge in [-0.05, 0) is 61.4 Å². The molecule has 2 N–H and O–H groups in total. The topological polar surface area (TPSA) is 26.0 Å². The van der Waals surface area contributed by atoms with Gasteiger partial charge in [0.1, 0.15) is 0 Å². The van der Waals surface area contributed by atoms with Gasteiger partial charge >= 0.3 is 0 Å². The molecular weight excluding hydrogens is 194 g/mol. The molecule has 1 aromatic carbocycles. The van der Waals surface area contributed by atoms with Crippen molar-refractivity contribution in [2.75, 3.05) is 6.54 Å². The molecule has 0 heterocycles. The molecule has 0 unspecified atom stereocenters. The highest BCUT2D eigenvalue weighted by Crippen LogP contribution is 2.29. The monoisotopic (exact) mass is 209 g/mol. The highest BCUT2D eigenvalue weighted by atomic mass is 35.5. The van der Waals surface area contributed by atoms with Crippen molar-refractivity contribution < 1.29 is 0 Å². The lowest BCUT2D eigenvalue weighted by Crippen LogP contribution is -2.07. The van der Waals surface area contributed by atoms with Gasteiger partial charge in [0.05, 0.1) is 0 Å². The number of halogens is 1. The van der Waals surface area contributed by atoms with Crippen LogP contribution in [-0.2, 0) is 19.3 Å². The zero-order valence-corrected chi connectivity index (χ0v) is 9.11. The van der Waals surface area contributed by atoms with Crippen molar-refractivity contribution in [3.05, 3.63) is 33.8 Å². The van der Waals surface area contributed by atoms with Crippen molar-refractivity contribution >= 4 is 11.6 Å². The molecule has 0 atom stereocenters. The summed E-state index contributed by atoms with van der Waals surface area (Å²) < 4.78 is 0. The number of fused-ring (bicyclic) bond motifs is 1. The molecule has 0 aliphatic heterocycles. The second kappa shape index (κ2) is 4.33. The summed E-state index contributed by atoms with van der Waals surface area (Å²) in [6.45, 7) is 0.703. The largest absolute Gasteiger partial charge is 0.330 e. The van der Waals surface area contributed by atoms with Crippen LogP contribution in [0.25, 0.3) is 0 Å². The second-order valence-electron chi connectivity index (χ2n) is 3.96. The minimum absolute atomic E-state index is 0.703. The van der Waals surface area contributed by atoms with E-state index in [1.165, 1.54) is 36.0 Å². The third kappa shape index (κ3) is 1.94. The molecule has 0 saturated heterocycles. The minimum atomic E-state index is 0.703. The first-order valence-corrected chi connectivity index (χ1v) is 5.69. The number of rotatable bonds is 2. The minimum Gasteiger partial charge on any atom is -0.330 e. The average molecular weight is 210 g/mol. The summed E-state index contributed by atoms with van der Waals surface area (Å²) in [7, 11) is 0. The van der Waals surface area contributed by atoms with E-state index in [1.54, 1.807) is 0 Å². The Morgan fingerprint density at radius 3 is 2.79 bits per heavy atom. The zero-order chi connectivity index (χ0) is 9.97. The Labute approximate surface area is 90.3 Å². The van der Waals surface area contributed by atoms with E-state index in [0.29, 0.717) is 6.54 Å². The van der Waals surface area contributed by atoms with Gasteiger partial charge in [0.25, 0.3) is 0 Å². The van der Waals surface area contributed by atoms with Crippen molar-refractivity contribution in [3.63, 3.8) is 0 Å². The van der Waals surface area contributed by atoms with E-state index < -0.39 is 0 Å². The maximum atomic E-state index is 6.24. The van der Waals surface area contributed by atoms with Crippen molar-refractivity contribution in [1.82, 2.24) is 0 Å². The molecule has 1 aromatic rings. The Morgan fingerprint density at radius 1 is 1.21 bits per heavy atom. The standard InChI is InChI=1S/C12H16ClN/c13-12-8-9(5-6-14)7-10-3-1-2-4-11(10)12/h7-8H,1-6,14H2. The van der Waals surface area contributed by atoms with E-state index in [9.17, 15) is 0 Å². The number of benzene rings is 1. The smallest absolute Gasteiger partial charge is 0.0443 e. The fourth-order valence-corrected chi connectivity index (χ4v) is 2.54. The molecule has 2 rings (SSSR count). The first-order valence-electron chi connectivity index (χ1n) is 5.31. The molecule has 1 nitrogen and oxygen atoms in total. The van der Waals surface area contributed by atoms with E-state index in [0.717, 1.165) is 17.9 Å². The second-order valence-corrected chi connectivity index (χ2v) is 4.37. The molecule has 2 heteroatoms. The number of nitrogens with two attached hydrogens (primary N) is 1. The van der Waals surface area contributed by atoms with Gasteiger partial charge in [-0.15, -0.1) is 0 Å². The first kappa shape index (κ1) is 10.0. The predicted octanol–water partition coefficient (Wildman–Crippen LogP) is 2.72. The van der Waals surface area contributed by atoms with Crippen LogP contribution in [0.15, 0.2) is 12.1 Å². The third-order valence-electron chi connectivity index (χ3n) is 2.90. The summed E-state index contributed by atoms with van der Waals surface area (Å²) in [6.07, 6.45) is 5.86. The maximum Gasteiger partial charge on any atom is 0.0443 e. The number of hydrogen-bond acceptors (Lipinski definition) is 1. The Morgan fingerprint density at radius 2 is 2.00 bits per heavy atom. The highest BCUT2D eigenvalue weighted by molar-refractivity contribution is 6.31. The van der Waals surface area contributed by atoms with Gasteiger partial charge in [-0.25, -0.2) is 0 Å². The van der Waals surface area contributed by atoms with E-state index >= 15 is 0 Å². The van der Waals surface area contributed by atoms with Crippen LogP contribution in [0.2, 0.25) is 5.02 Å². The molecule has 1 aliphatic carbocycles. The van der Waals surface area contributed by atoms with Crippen molar-refractivity contribution in [2.45, 2.75) is 32.1 Å². The molecule has 0 amide bonds. The third-order valence-corrected chi connectivity index (χ3v) is 3.24. The van der Waals surface area contributed by atoms with Crippen LogP contribution in [0.5, 0.6) is 0 Å². The van der Waals surface area contributed by atoms with Crippen LogP contribution in [-0.4, -0.2) is 6.54 Å².